The summed E-state index contributed by atoms with van der Waals surface area (Å²) < 4.78 is 38.1. The number of fused-ring (bicyclic) bond motifs is 1. The van der Waals surface area contributed by atoms with E-state index in [4.69, 9.17) is 4.74 Å². The molecule has 3 aliphatic rings. The van der Waals surface area contributed by atoms with Crippen molar-refractivity contribution >= 4 is 5.91 Å². The number of carbonyl (C=O) groups excluding carboxylic acids is 1. The molecule has 25 heavy (non-hydrogen) atoms. The SMILES string of the molecule is COc1c(F)cc(C(=O)N[C@H]2C[C@H]3CO[C@@H](C4CC4)CN3C2)cc1F. The lowest BCUT2D eigenvalue weighted by molar-refractivity contribution is -0.0581. The lowest BCUT2D eigenvalue weighted by Gasteiger charge is -2.35. The lowest BCUT2D eigenvalue weighted by atomic mass is 10.1. The van der Waals surface area contributed by atoms with Crippen molar-refractivity contribution in [1.29, 1.82) is 0 Å². The fourth-order valence-corrected chi connectivity index (χ4v) is 3.91. The number of rotatable bonds is 4. The number of carbonyl (C=O) groups is 1. The molecule has 0 spiro atoms. The minimum atomic E-state index is -0.878. The molecule has 4 rings (SSSR count). The topological polar surface area (TPSA) is 50.8 Å². The summed E-state index contributed by atoms with van der Waals surface area (Å²) in [4.78, 5) is 14.7. The van der Waals surface area contributed by atoms with Gasteiger partial charge in [0.2, 0.25) is 0 Å². The normalized spacial score (nSPS) is 29.3. The van der Waals surface area contributed by atoms with Crippen LogP contribution in [-0.2, 0) is 4.74 Å². The van der Waals surface area contributed by atoms with Crippen LogP contribution in [-0.4, -0.2) is 55.8 Å². The van der Waals surface area contributed by atoms with Crippen LogP contribution in [0.1, 0.15) is 29.6 Å². The summed E-state index contributed by atoms with van der Waals surface area (Å²) in [7, 11) is 1.19. The predicted octanol–water partition coefficient (Wildman–Crippen LogP) is 1.95. The molecule has 1 aromatic rings. The molecule has 1 aromatic carbocycles. The fraction of sp³-hybridized carbons (Fsp3) is 0.611. The number of ether oxygens (including phenoxy) is 2. The number of methoxy groups -OCH3 is 1. The fourth-order valence-electron chi connectivity index (χ4n) is 3.91. The van der Waals surface area contributed by atoms with E-state index in [9.17, 15) is 13.6 Å². The molecule has 7 heteroatoms. The van der Waals surface area contributed by atoms with Gasteiger partial charge < -0.3 is 14.8 Å². The quantitative estimate of drug-likeness (QED) is 0.900. The molecule has 0 radical (unpaired) electrons. The maximum atomic E-state index is 13.8. The third-order valence-corrected chi connectivity index (χ3v) is 5.39. The van der Waals surface area contributed by atoms with Crippen molar-refractivity contribution in [3.8, 4) is 5.75 Å². The van der Waals surface area contributed by atoms with E-state index < -0.39 is 23.3 Å². The average Bonchev–Trinajstić information content (AvgIpc) is 3.34. The molecule has 2 saturated heterocycles. The van der Waals surface area contributed by atoms with Crippen molar-refractivity contribution in [1.82, 2.24) is 10.2 Å². The number of hydrogen-bond acceptors (Lipinski definition) is 4. The minimum absolute atomic E-state index is 0.0345. The van der Waals surface area contributed by atoms with E-state index in [1.165, 1.54) is 20.0 Å². The Morgan fingerprint density at radius 1 is 1.28 bits per heavy atom. The van der Waals surface area contributed by atoms with Gasteiger partial charge in [-0.15, -0.1) is 0 Å². The Labute approximate surface area is 145 Å². The first kappa shape index (κ1) is 16.7. The van der Waals surface area contributed by atoms with Crippen molar-refractivity contribution < 1.29 is 23.0 Å². The zero-order valence-electron chi connectivity index (χ0n) is 14.1. The highest BCUT2D eigenvalue weighted by Gasteiger charge is 2.42. The van der Waals surface area contributed by atoms with E-state index in [-0.39, 0.29) is 11.6 Å². The highest BCUT2D eigenvalue weighted by atomic mass is 19.1. The van der Waals surface area contributed by atoms with Crippen LogP contribution in [0.2, 0.25) is 0 Å². The highest BCUT2D eigenvalue weighted by Crippen LogP contribution is 2.37. The molecular weight excluding hydrogens is 330 g/mol. The van der Waals surface area contributed by atoms with Gasteiger partial charge in [0.1, 0.15) is 0 Å². The van der Waals surface area contributed by atoms with E-state index in [0.717, 1.165) is 31.6 Å². The maximum Gasteiger partial charge on any atom is 0.251 e. The Hall–Kier alpha value is -1.73. The Morgan fingerprint density at radius 3 is 2.64 bits per heavy atom. The number of halogens is 2. The standard InChI is InChI=1S/C18H22F2N2O3/c1-24-17-14(19)4-11(5-15(17)20)18(23)21-12-6-13-9-25-16(10-2-3-10)8-22(13)7-12/h4-5,10,12-13,16H,2-3,6-9H2,1H3,(H,21,23)/t12-,13-,16+/m0/s1. The van der Waals surface area contributed by atoms with Crippen molar-refractivity contribution in [3.05, 3.63) is 29.3 Å². The molecule has 3 fully saturated rings. The summed E-state index contributed by atoms with van der Waals surface area (Å²) in [5.41, 5.74) is -0.0345. The predicted molar refractivity (Wildman–Crippen MR) is 86.6 cm³/mol. The summed E-state index contributed by atoms with van der Waals surface area (Å²) in [6, 6.07) is 2.29. The zero-order chi connectivity index (χ0) is 17.6. The Morgan fingerprint density at radius 2 is 2.00 bits per heavy atom. The third-order valence-electron chi connectivity index (χ3n) is 5.39. The Balaban J connectivity index is 1.38. The molecule has 1 N–H and O–H groups in total. The van der Waals surface area contributed by atoms with Gasteiger partial charge in [0.05, 0.1) is 19.8 Å². The molecule has 0 bridgehead atoms. The monoisotopic (exact) mass is 352 g/mol. The number of amides is 1. The van der Waals surface area contributed by atoms with E-state index >= 15 is 0 Å². The molecule has 2 heterocycles. The molecule has 1 aliphatic carbocycles. The number of morpholine rings is 1. The molecule has 136 valence electrons. The van der Waals surface area contributed by atoms with Crippen LogP contribution in [0.15, 0.2) is 12.1 Å². The van der Waals surface area contributed by atoms with Crippen LogP contribution in [0, 0.1) is 17.6 Å². The summed E-state index contributed by atoms with van der Waals surface area (Å²) >= 11 is 0. The third kappa shape index (κ3) is 3.35. The van der Waals surface area contributed by atoms with E-state index in [0.29, 0.717) is 24.7 Å². The van der Waals surface area contributed by atoms with Crippen LogP contribution in [0.4, 0.5) is 8.78 Å². The Bertz CT molecular complexity index is 657. The van der Waals surface area contributed by atoms with Gasteiger partial charge in [-0.25, -0.2) is 8.78 Å². The van der Waals surface area contributed by atoms with Crippen molar-refractivity contribution in [2.24, 2.45) is 5.92 Å². The summed E-state index contributed by atoms with van der Waals surface area (Å²) in [6.07, 6.45) is 3.61. The molecule has 2 aliphatic heterocycles. The molecule has 1 amide bonds. The van der Waals surface area contributed by atoms with Crippen molar-refractivity contribution in [2.75, 3.05) is 26.8 Å². The first-order chi connectivity index (χ1) is 12.0. The van der Waals surface area contributed by atoms with Gasteiger partial charge in [-0.2, -0.15) is 0 Å². The first-order valence-corrected chi connectivity index (χ1v) is 8.74. The van der Waals surface area contributed by atoms with Gasteiger partial charge in [-0.3, -0.25) is 9.69 Å². The number of nitrogens with one attached hydrogen (secondary N) is 1. The molecule has 3 atom stereocenters. The summed E-state index contributed by atoms with van der Waals surface area (Å²) in [6.45, 7) is 2.36. The number of nitrogens with zero attached hydrogens (tertiary/aromatic N) is 1. The summed E-state index contributed by atoms with van der Waals surface area (Å²) in [5.74, 6) is -2.00. The van der Waals surface area contributed by atoms with Crippen LogP contribution in [0.25, 0.3) is 0 Å². The number of hydrogen-bond donors (Lipinski definition) is 1. The highest BCUT2D eigenvalue weighted by molar-refractivity contribution is 5.94. The lowest BCUT2D eigenvalue weighted by Crippen LogP contribution is -2.47. The van der Waals surface area contributed by atoms with Gasteiger partial charge >= 0.3 is 0 Å². The largest absolute Gasteiger partial charge is 0.491 e. The first-order valence-electron chi connectivity index (χ1n) is 8.74. The second kappa shape index (κ2) is 6.53. The van der Waals surface area contributed by atoms with Gasteiger partial charge in [0.15, 0.2) is 17.4 Å². The van der Waals surface area contributed by atoms with Crippen molar-refractivity contribution in [3.63, 3.8) is 0 Å². The number of benzene rings is 1. The molecule has 0 unspecified atom stereocenters. The summed E-state index contributed by atoms with van der Waals surface area (Å²) in [5, 5.41) is 2.89. The van der Waals surface area contributed by atoms with Crippen molar-refractivity contribution in [2.45, 2.75) is 37.5 Å². The van der Waals surface area contributed by atoms with Crippen LogP contribution in [0.5, 0.6) is 5.75 Å². The van der Waals surface area contributed by atoms with Gasteiger partial charge in [0.25, 0.3) is 5.91 Å². The smallest absolute Gasteiger partial charge is 0.251 e. The van der Waals surface area contributed by atoms with Crippen LogP contribution >= 0.6 is 0 Å². The van der Waals surface area contributed by atoms with Crippen LogP contribution < -0.4 is 10.1 Å². The molecule has 1 saturated carbocycles. The Kier molecular flexibility index (Phi) is 4.37. The second-order valence-corrected chi connectivity index (χ2v) is 7.20. The van der Waals surface area contributed by atoms with Gasteiger partial charge in [0, 0.05) is 30.7 Å². The average molecular weight is 352 g/mol. The van der Waals surface area contributed by atoms with E-state index in [2.05, 4.69) is 15.0 Å². The minimum Gasteiger partial charge on any atom is -0.491 e. The van der Waals surface area contributed by atoms with E-state index in [1.54, 1.807) is 0 Å². The molecule has 0 aromatic heterocycles. The van der Waals surface area contributed by atoms with E-state index in [1.807, 2.05) is 0 Å². The van der Waals surface area contributed by atoms with Gasteiger partial charge in [-0.1, -0.05) is 0 Å². The molecular formula is C18H22F2N2O3. The zero-order valence-corrected chi connectivity index (χ0v) is 14.1. The van der Waals surface area contributed by atoms with Crippen LogP contribution in [0.3, 0.4) is 0 Å². The second-order valence-electron chi connectivity index (χ2n) is 7.20. The molecule has 5 nitrogen and oxygen atoms in total. The van der Waals surface area contributed by atoms with Gasteiger partial charge in [-0.05, 0) is 37.3 Å². The maximum absolute atomic E-state index is 13.8.